The zero-order valence-electron chi connectivity index (χ0n) is 18.6. The molecule has 1 amide bonds. The van der Waals surface area contributed by atoms with E-state index in [1.165, 1.54) is 6.07 Å². The number of aromatic amines is 1. The zero-order valence-corrected chi connectivity index (χ0v) is 21.0. The summed E-state index contributed by atoms with van der Waals surface area (Å²) in [5, 5.41) is 10.8. The van der Waals surface area contributed by atoms with Gasteiger partial charge in [0.1, 0.15) is 5.82 Å². The summed E-state index contributed by atoms with van der Waals surface area (Å²) < 4.78 is 13.6. The molecule has 0 radical (unpaired) electrons. The molecule has 1 aromatic carbocycles. The maximum Gasteiger partial charge on any atom is 0.223 e. The molecule has 8 heteroatoms. The fourth-order valence-electron chi connectivity index (χ4n) is 4.12. The van der Waals surface area contributed by atoms with Crippen LogP contribution in [0.3, 0.4) is 0 Å². The van der Waals surface area contributed by atoms with Crippen molar-refractivity contribution in [1.82, 2.24) is 20.9 Å². The summed E-state index contributed by atoms with van der Waals surface area (Å²) in [6.45, 7) is 7.40. The lowest BCUT2D eigenvalue weighted by atomic mass is 9.85. The van der Waals surface area contributed by atoms with Crippen LogP contribution in [0.1, 0.15) is 52.0 Å². The van der Waals surface area contributed by atoms with Crippen molar-refractivity contribution < 1.29 is 9.18 Å². The quantitative estimate of drug-likeness (QED) is 0.241. The third-order valence-electron chi connectivity index (χ3n) is 5.54. The van der Waals surface area contributed by atoms with Gasteiger partial charge in [-0.2, -0.15) is 0 Å². The van der Waals surface area contributed by atoms with E-state index < -0.39 is 0 Å². The highest BCUT2D eigenvalue weighted by molar-refractivity contribution is 14.0. The average molecular weight is 543 g/mol. The predicted molar refractivity (Wildman–Crippen MR) is 136 cm³/mol. The standard InChI is InChI=1S/C23H34FN5O.HI/c1-4-25-23(29-19-7-5-6-16(12-19)22(30)28-15(2)3)26-11-10-17-14-27-21-9-8-18(24)13-20(17)21;/h8-9,13-16,19,27H,4-7,10-12H2,1-3H3,(H,28,30)(H2,25,26,29);1H. The van der Waals surface area contributed by atoms with Crippen molar-refractivity contribution in [2.45, 2.75) is 65.0 Å². The molecule has 1 heterocycles. The molecule has 0 spiro atoms. The minimum absolute atomic E-state index is 0. The van der Waals surface area contributed by atoms with Gasteiger partial charge in [0.05, 0.1) is 0 Å². The summed E-state index contributed by atoms with van der Waals surface area (Å²) in [5.74, 6) is 0.765. The number of carbonyl (C=O) groups is 1. The molecule has 31 heavy (non-hydrogen) atoms. The molecule has 0 saturated heterocycles. The van der Waals surface area contributed by atoms with Crippen molar-refractivity contribution in [3.05, 3.63) is 35.8 Å². The summed E-state index contributed by atoms with van der Waals surface area (Å²) in [6, 6.07) is 5.20. The number of aliphatic imine (C=N–C) groups is 1. The largest absolute Gasteiger partial charge is 0.361 e. The summed E-state index contributed by atoms with van der Waals surface area (Å²) in [7, 11) is 0. The molecule has 0 aliphatic heterocycles. The lowest BCUT2D eigenvalue weighted by Gasteiger charge is -2.30. The molecule has 1 fully saturated rings. The number of guanidine groups is 1. The molecule has 1 saturated carbocycles. The van der Waals surface area contributed by atoms with E-state index in [-0.39, 0.29) is 53.7 Å². The van der Waals surface area contributed by atoms with Crippen LogP contribution >= 0.6 is 24.0 Å². The van der Waals surface area contributed by atoms with Crippen LogP contribution in [0.25, 0.3) is 10.9 Å². The molecular formula is C23H35FIN5O. The fourth-order valence-corrected chi connectivity index (χ4v) is 4.12. The molecule has 1 aromatic heterocycles. The Morgan fingerprint density at radius 1 is 1.32 bits per heavy atom. The molecule has 6 nitrogen and oxygen atoms in total. The van der Waals surface area contributed by atoms with Crippen molar-refractivity contribution in [3.8, 4) is 0 Å². The zero-order chi connectivity index (χ0) is 21.5. The van der Waals surface area contributed by atoms with E-state index in [1.54, 1.807) is 12.1 Å². The smallest absolute Gasteiger partial charge is 0.223 e. The molecule has 1 aliphatic rings. The van der Waals surface area contributed by atoms with Crippen molar-refractivity contribution >= 4 is 46.7 Å². The molecule has 172 valence electrons. The first-order valence-electron chi connectivity index (χ1n) is 11.1. The van der Waals surface area contributed by atoms with E-state index in [1.807, 2.05) is 27.0 Å². The number of carbonyl (C=O) groups excluding carboxylic acids is 1. The summed E-state index contributed by atoms with van der Waals surface area (Å²) >= 11 is 0. The Balaban J connectivity index is 0.00000341. The highest BCUT2D eigenvalue weighted by Gasteiger charge is 2.28. The van der Waals surface area contributed by atoms with Crippen LogP contribution in [0.5, 0.6) is 0 Å². The molecule has 2 aromatic rings. The lowest BCUT2D eigenvalue weighted by Crippen LogP contribution is -2.47. The van der Waals surface area contributed by atoms with Crippen LogP contribution < -0.4 is 16.0 Å². The van der Waals surface area contributed by atoms with Crippen LogP contribution in [0.2, 0.25) is 0 Å². The van der Waals surface area contributed by atoms with Gasteiger partial charge in [-0.1, -0.05) is 6.42 Å². The second-order valence-electron chi connectivity index (χ2n) is 8.38. The van der Waals surface area contributed by atoms with Crippen LogP contribution in [-0.4, -0.2) is 42.0 Å². The Hall–Kier alpha value is -1.84. The number of aromatic nitrogens is 1. The van der Waals surface area contributed by atoms with Crippen LogP contribution in [0.4, 0.5) is 4.39 Å². The minimum atomic E-state index is -0.227. The van der Waals surface area contributed by atoms with E-state index in [0.29, 0.717) is 6.54 Å². The third-order valence-corrected chi connectivity index (χ3v) is 5.54. The number of hydrogen-bond donors (Lipinski definition) is 4. The number of hydrogen-bond acceptors (Lipinski definition) is 2. The Kier molecular flexibility index (Phi) is 10.1. The first kappa shape index (κ1) is 25.4. The number of fused-ring (bicyclic) bond motifs is 1. The van der Waals surface area contributed by atoms with Gasteiger partial charge in [-0.25, -0.2) is 4.39 Å². The monoisotopic (exact) mass is 543 g/mol. The normalized spacial score (nSPS) is 19.2. The van der Waals surface area contributed by atoms with Crippen molar-refractivity contribution in [2.24, 2.45) is 10.9 Å². The van der Waals surface area contributed by atoms with Crippen molar-refractivity contribution in [2.75, 3.05) is 13.1 Å². The summed E-state index contributed by atoms with van der Waals surface area (Å²) in [4.78, 5) is 20.3. The molecule has 4 N–H and O–H groups in total. The number of nitrogens with one attached hydrogen (secondary N) is 4. The third kappa shape index (κ3) is 7.36. The number of amides is 1. The first-order valence-corrected chi connectivity index (χ1v) is 11.1. The fraction of sp³-hybridized carbons (Fsp3) is 0.565. The number of halogens is 2. The van der Waals surface area contributed by atoms with Gasteiger partial charge in [-0.05, 0) is 70.2 Å². The Bertz CT molecular complexity index is 882. The molecule has 2 unspecified atom stereocenters. The maximum atomic E-state index is 13.6. The molecular weight excluding hydrogens is 508 g/mol. The summed E-state index contributed by atoms with van der Waals surface area (Å²) in [5.41, 5.74) is 2.00. The second-order valence-corrected chi connectivity index (χ2v) is 8.38. The molecule has 1 aliphatic carbocycles. The van der Waals surface area contributed by atoms with Crippen molar-refractivity contribution in [3.63, 3.8) is 0 Å². The van der Waals surface area contributed by atoms with Gasteiger partial charge >= 0.3 is 0 Å². The van der Waals surface area contributed by atoms with Crippen LogP contribution in [-0.2, 0) is 11.2 Å². The van der Waals surface area contributed by atoms with Gasteiger partial charge in [0.25, 0.3) is 0 Å². The second kappa shape index (κ2) is 12.3. The van der Waals surface area contributed by atoms with E-state index in [9.17, 15) is 9.18 Å². The maximum absolute atomic E-state index is 13.6. The Labute approximate surface area is 201 Å². The first-order chi connectivity index (χ1) is 14.5. The SMILES string of the molecule is CCNC(=NCCc1c[nH]c2ccc(F)cc12)NC1CCCC(C(=O)NC(C)C)C1.I. The molecule has 2 atom stereocenters. The molecule has 0 bridgehead atoms. The average Bonchev–Trinajstić information content (AvgIpc) is 3.10. The predicted octanol–water partition coefficient (Wildman–Crippen LogP) is 4.11. The Morgan fingerprint density at radius 3 is 2.87 bits per heavy atom. The van der Waals surface area contributed by atoms with Gasteiger partial charge in [0, 0.05) is 48.2 Å². The van der Waals surface area contributed by atoms with Gasteiger partial charge in [-0.15, -0.1) is 24.0 Å². The lowest BCUT2D eigenvalue weighted by molar-refractivity contribution is -0.126. The topological polar surface area (TPSA) is 81.3 Å². The van der Waals surface area contributed by atoms with Crippen LogP contribution in [0.15, 0.2) is 29.4 Å². The summed E-state index contributed by atoms with van der Waals surface area (Å²) in [6.07, 6.45) is 6.50. The highest BCUT2D eigenvalue weighted by atomic mass is 127. The Morgan fingerprint density at radius 2 is 2.13 bits per heavy atom. The number of benzene rings is 1. The number of rotatable bonds is 7. The number of H-pyrrole nitrogens is 1. The van der Waals surface area contributed by atoms with E-state index >= 15 is 0 Å². The number of nitrogens with zero attached hydrogens (tertiary/aromatic N) is 1. The highest BCUT2D eigenvalue weighted by Crippen LogP contribution is 2.25. The van der Waals surface area contributed by atoms with Gasteiger partial charge in [0.15, 0.2) is 5.96 Å². The minimum Gasteiger partial charge on any atom is -0.361 e. The van der Waals surface area contributed by atoms with Crippen LogP contribution in [0, 0.1) is 11.7 Å². The van der Waals surface area contributed by atoms with Gasteiger partial charge in [-0.3, -0.25) is 9.79 Å². The van der Waals surface area contributed by atoms with Gasteiger partial charge in [0.2, 0.25) is 5.91 Å². The van der Waals surface area contributed by atoms with E-state index in [0.717, 1.165) is 61.1 Å². The van der Waals surface area contributed by atoms with E-state index in [4.69, 9.17) is 4.99 Å². The molecule has 3 rings (SSSR count). The van der Waals surface area contributed by atoms with E-state index in [2.05, 4.69) is 20.9 Å². The van der Waals surface area contributed by atoms with Gasteiger partial charge < -0.3 is 20.9 Å². The van der Waals surface area contributed by atoms with Crippen molar-refractivity contribution in [1.29, 1.82) is 0 Å².